The van der Waals surface area contributed by atoms with E-state index in [0.717, 1.165) is 49.9 Å². The van der Waals surface area contributed by atoms with Crippen molar-refractivity contribution in [2.24, 2.45) is 0 Å². The standard InChI is InChI=1S/C16H22N4O/c1-13-18-14(12-21-13)11-20-9-6-15(7-10-20)19(2)16-5-3-4-8-17-16/h3-5,8,12,15H,6-7,9-11H2,1-2H3. The average molecular weight is 286 g/mol. The molecule has 1 fully saturated rings. The average Bonchev–Trinajstić information content (AvgIpc) is 2.93. The number of nitrogens with zero attached hydrogens (tertiary/aromatic N) is 4. The minimum Gasteiger partial charge on any atom is -0.449 e. The van der Waals surface area contributed by atoms with E-state index in [0.29, 0.717) is 6.04 Å². The van der Waals surface area contributed by atoms with Crippen LogP contribution in [0.3, 0.4) is 0 Å². The highest BCUT2D eigenvalue weighted by Crippen LogP contribution is 2.21. The molecule has 1 saturated heterocycles. The van der Waals surface area contributed by atoms with Crippen molar-refractivity contribution < 1.29 is 4.42 Å². The third-order valence-electron chi connectivity index (χ3n) is 4.17. The Labute approximate surface area is 125 Å². The molecule has 0 aliphatic carbocycles. The maximum absolute atomic E-state index is 5.27. The molecule has 21 heavy (non-hydrogen) atoms. The van der Waals surface area contributed by atoms with E-state index in [1.54, 1.807) is 6.26 Å². The number of piperidine rings is 1. The molecule has 112 valence electrons. The highest BCUT2D eigenvalue weighted by molar-refractivity contribution is 5.38. The van der Waals surface area contributed by atoms with Crippen LogP contribution in [0.4, 0.5) is 5.82 Å². The lowest BCUT2D eigenvalue weighted by Crippen LogP contribution is -2.43. The summed E-state index contributed by atoms with van der Waals surface area (Å²) in [5.41, 5.74) is 1.03. The van der Waals surface area contributed by atoms with Gasteiger partial charge in [0.2, 0.25) is 0 Å². The maximum atomic E-state index is 5.27. The molecule has 0 spiro atoms. The number of oxazole rings is 1. The number of pyridine rings is 1. The molecule has 0 unspecified atom stereocenters. The molecular formula is C16H22N4O. The Morgan fingerprint density at radius 1 is 1.33 bits per heavy atom. The summed E-state index contributed by atoms with van der Waals surface area (Å²) in [6.45, 7) is 4.95. The third kappa shape index (κ3) is 3.42. The molecule has 0 N–H and O–H groups in total. The van der Waals surface area contributed by atoms with Gasteiger partial charge in [-0.05, 0) is 25.0 Å². The van der Waals surface area contributed by atoms with Crippen LogP contribution in [-0.4, -0.2) is 41.0 Å². The smallest absolute Gasteiger partial charge is 0.191 e. The second kappa shape index (κ2) is 6.26. The minimum absolute atomic E-state index is 0.565. The summed E-state index contributed by atoms with van der Waals surface area (Å²) < 4.78 is 5.27. The normalized spacial score (nSPS) is 17.0. The molecule has 5 nitrogen and oxygen atoms in total. The highest BCUT2D eigenvalue weighted by atomic mass is 16.3. The maximum Gasteiger partial charge on any atom is 0.191 e. The Kier molecular flexibility index (Phi) is 4.20. The minimum atomic E-state index is 0.565. The monoisotopic (exact) mass is 286 g/mol. The van der Waals surface area contributed by atoms with Gasteiger partial charge in [-0.15, -0.1) is 0 Å². The summed E-state index contributed by atoms with van der Waals surface area (Å²) in [5.74, 6) is 1.80. The van der Waals surface area contributed by atoms with Gasteiger partial charge in [0.05, 0.1) is 5.69 Å². The van der Waals surface area contributed by atoms with E-state index in [1.165, 1.54) is 0 Å². The van der Waals surface area contributed by atoms with Crippen molar-refractivity contribution >= 4 is 5.82 Å². The van der Waals surface area contributed by atoms with Crippen LogP contribution < -0.4 is 4.90 Å². The third-order valence-corrected chi connectivity index (χ3v) is 4.17. The van der Waals surface area contributed by atoms with Crippen LogP contribution in [0.25, 0.3) is 0 Å². The van der Waals surface area contributed by atoms with Crippen molar-refractivity contribution in [3.05, 3.63) is 42.2 Å². The van der Waals surface area contributed by atoms with Gasteiger partial charge in [0.25, 0.3) is 0 Å². The van der Waals surface area contributed by atoms with Crippen molar-refractivity contribution in [1.82, 2.24) is 14.9 Å². The fourth-order valence-electron chi connectivity index (χ4n) is 2.92. The second-order valence-corrected chi connectivity index (χ2v) is 5.66. The SMILES string of the molecule is Cc1nc(CN2CCC(N(C)c3ccccn3)CC2)co1. The number of likely N-dealkylation sites (tertiary alicyclic amines) is 1. The molecule has 0 bridgehead atoms. The Balaban J connectivity index is 1.53. The van der Waals surface area contributed by atoms with Gasteiger partial charge in [0, 0.05) is 45.8 Å². The number of rotatable bonds is 4. The van der Waals surface area contributed by atoms with Crippen LogP contribution in [-0.2, 0) is 6.54 Å². The summed E-state index contributed by atoms with van der Waals surface area (Å²) in [6.07, 6.45) is 5.93. The van der Waals surface area contributed by atoms with Crippen LogP contribution in [0.1, 0.15) is 24.4 Å². The molecule has 5 heteroatoms. The summed E-state index contributed by atoms with van der Waals surface area (Å²) in [5, 5.41) is 0. The molecule has 2 aromatic rings. The van der Waals surface area contributed by atoms with Gasteiger partial charge in [-0.2, -0.15) is 0 Å². The van der Waals surface area contributed by atoms with Crippen molar-refractivity contribution in [3.8, 4) is 0 Å². The molecule has 0 amide bonds. The summed E-state index contributed by atoms with van der Waals surface area (Å²) in [7, 11) is 2.14. The second-order valence-electron chi connectivity index (χ2n) is 5.66. The number of aromatic nitrogens is 2. The lowest BCUT2D eigenvalue weighted by molar-refractivity contribution is 0.201. The predicted molar refractivity (Wildman–Crippen MR) is 82.2 cm³/mol. The van der Waals surface area contributed by atoms with Crippen LogP contribution >= 0.6 is 0 Å². The highest BCUT2D eigenvalue weighted by Gasteiger charge is 2.23. The first kappa shape index (κ1) is 14.1. The van der Waals surface area contributed by atoms with E-state index in [4.69, 9.17) is 4.42 Å². The van der Waals surface area contributed by atoms with E-state index in [9.17, 15) is 0 Å². The van der Waals surface area contributed by atoms with Crippen LogP contribution in [0.15, 0.2) is 35.1 Å². The first-order chi connectivity index (χ1) is 10.2. The Morgan fingerprint density at radius 3 is 2.76 bits per heavy atom. The van der Waals surface area contributed by atoms with Crippen LogP contribution in [0.2, 0.25) is 0 Å². The molecule has 3 rings (SSSR count). The molecule has 1 aliphatic rings. The Morgan fingerprint density at radius 2 is 2.14 bits per heavy atom. The molecule has 2 aromatic heterocycles. The first-order valence-corrected chi connectivity index (χ1v) is 7.49. The van der Waals surface area contributed by atoms with Gasteiger partial charge in [-0.3, -0.25) is 4.90 Å². The fraction of sp³-hybridized carbons (Fsp3) is 0.500. The van der Waals surface area contributed by atoms with Gasteiger partial charge in [-0.1, -0.05) is 6.07 Å². The number of hydrogen-bond acceptors (Lipinski definition) is 5. The molecule has 0 aromatic carbocycles. The molecule has 1 aliphatic heterocycles. The van der Waals surface area contributed by atoms with Gasteiger partial charge >= 0.3 is 0 Å². The summed E-state index contributed by atoms with van der Waals surface area (Å²) in [6, 6.07) is 6.64. The van der Waals surface area contributed by atoms with Crippen molar-refractivity contribution in [2.75, 3.05) is 25.0 Å². The molecule has 0 saturated carbocycles. The fourth-order valence-corrected chi connectivity index (χ4v) is 2.92. The molecular weight excluding hydrogens is 264 g/mol. The van der Waals surface area contributed by atoms with E-state index < -0.39 is 0 Å². The van der Waals surface area contributed by atoms with Gasteiger partial charge in [0.1, 0.15) is 12.1 Å². The van der Waals surface area contributed by atoms with Crippen LogP contribution in [0.5, 0.6) is 0 Å². The largest absolute Gasteiger partial charge is 0.449 e. The topological polar surface area (TPSA) is 45.4 Å². The Hall–Kier alpha value is -1.88. The van der Waals surface area contributed by atoms with E-state index in [1.807, 2.05) is 25.3 Å². The number of aryl methyl sites for hydroxylation is 1. The zero-order valence-corrected chi connectivity index (χ0v) is 12.7. The van der Waals surface area contributed by atoms with Crippen molar-refractivity contribution in [1.29, 1.82) is 0 Å². The molecule has 0 radical (unpaired) electrons. The lowest BCUT2D eigenvalue weighted by atomic mass is 10.0. The number of hydrogen-bond donors (Lipinski definition) is 0. The predicted octanol–water partition coefficient (Wildman–Crippen LogP) is 2.48. The zero-order chi connectivity index (χ0) is 14.7. The van der Waals surface area contributed by atoms with Gasteiger partial charge in [0.15, 0.2) is 5.89 Å². The van der Waals surface area contributed by atoms with Crippen LogP contribution in [0, 0.1) is 6.92 Å². The van der Waals surface area contributed by atoms with E-state index in [-0.39, 0.29) is 0 Å². The van der Waals surface area contributed by atoms with Crippen molar-refractivity contribution in [3.63, 3.8) is 0 Å². The molecule has 0 atom stereocenters. The zero-order valence-electron chi connectivity index (χ0n) is 12.7. The van der Waals surface area contributed by atoms with Gasteiger partial charge in [-0.25, -0.2) is 9.97 Å². The quantitative estimate of drug-likeness (QED) is 0.864. The van der Waals surface area contributed by atoms with E-state index in [2.05, 4.69) is 32.9 Å². The first-order valence-electron chi connectivity index (χ1n) is 7.49. The lowest BCUT2D eigenvalue weighted by Gasteiger charge is -2.37. The van der Waals surface area contributed by atoms with Gasteiger partial charge < -0.3 is 9.32 Å². The summed E-state index contributed by atoms with van der Waals surface area (Å²) >= 11 is 0. The molecule has 3 heterocycles. The summed E-state index contributed by atoms with van der Waals surface area (Å²) in [4.78, 5) is 13.6. The van der Waals surface area contributed by atoms with Crippen molar-refractivity contribution in [2.45, 2.75) is 32.4 Å². The number of anilines is 1. The Bertz CT molecular complexity index is 561. The van der Waals surface area contributed by atoms with E-state index >= 15 is 0 Å².